The van der Waals surface area contributed by atoms with Crippen molar-refractivity contribution in [2.45, 2.75) is 44.2 Å². The molecule has 2 atom stereocenters. The first-order chi connectivity index (χ1) is 12.2. The lowest BCUT2D eigenvalue weighted by molar-refractivity contribution is 0.0270. The smallest absolute Gasteiger partial charge is 0.240 e. The van der Waals surface area contributed by atoms with E-state index in [0.717, 1.165) is 30.8 Å². The zero-order valence-electron chi connectivity index (χ0n) is 15.8. The lowest BCUT2D eigenvalue weighted by atomic mass is 9.57. The molecule has 1 heterocycles. The van der Waals surface area contributed by atoms with E-state index in [4.69, 9.17) is 4.52 Å². The van der Waals surface area contributed by atoms with Gasteiger partial charge in [-0.25, -0.2) is 13.1 Å². The molecule has 0 spiro atoms. The van der Waals surface area contributed by atoms with Gasteiger partial charge in [-0.05, 0) is 50.4 Å². The summed E-state index contributed by atoms with van der Waals surface area (Å²) in [7, 11) is 0.487. The summed E-state index contributed by atoms with van der Waals surface area (Å²) in [4.78, 5) is 2.34. The van der Waals surface area contributed by atoms with Crippen LogP contribution in [0.5, 0.6) is 0 Å². The van der Waals surface area contributed by atoms with Gasteiger partial charge in [0.2, 0.25) is 10.0 Å². The van der Waals surface area contributed by atoms with E-state index >= 15 is 0 Å². The number of nitrogens with zero attached hydrogens (tertiary/aromatic N) is 2. The fraction of sp³-hybridized carbons (Fsp3) is 0.526. The number of hydrogen-bond donors (Lipinski definition) is 1. The molecule has 0 saturated heterocycles. The summed E-state index contributed by atoms with van der Waals surface area (Å²) in [5, 5.41) is 4.16. The largest absolute Gasteiger partial charge is 0.360 e. The summed E-state index contributed by atoms with van der Waals surface area (Å²) in [5.41, 5.74) is 0.798. The third kappa shape index (κ3) is 4.00. The first-order valence-electron chi connectivity index (χ1n) is 8.85. The molecular formula is C19H27N3O3S. The Bertz CT molecular complexity index is 844. The second-order valence-electron chi connectivity index (χ2n) is 7.97. The minimum atomic E-state index is -3.49. The molecule has 6 nitrogen and oxygen atoms in total. The van der Waals surface area contributed by atoms with Gasteiger partial charge in [0.25, 0.3) is 0 Å². The normalized spacial score (nSPS) is 22.3. The minimum absolute atomic E-state index is 0.0779. The average molecular weight is 378 g/mol. The van der Waals surface area contributed by atoms with Crippen molar-refractivity contribution in [2.75, 3.05) is 14.1 Å². The molecule has 7 heteroatoms. The first-order valence-corrected chi connectivity index (χ1v) is 10.3. The highest BCUT2D eigenvalue weighted by Gasteiger charge is 2.49. The Hall–Kier alpha value is -1.70. The van der Waals surface area contributed by atoms with Gasteiger partial charge in [-0.1, -0.05) is 37.2 Å². The minimum Gasteiger partial charge on any atom is -0.360 e. The van der Waals surface area contributed by atoms with Crippen LogP contribution in [0.15, 0.2) is 45.8 Å². The molecule has 1 aromatic carbocycles. The van der Waals surface area contributed by atoms with Crippen molar-refractivity contribution in [3.63, 3.8) is 0 Å². The Kier molecular flexibility index (Phi) is 5.23. The molecule has 1 aliphatic carbocycles. The second kappa shape index (κ2) is 7.13. The van der Waals surface area contributed by atoms with Gasteiger partial charge in [0.1, 0.15) is 0 Å². The third-order valence-electron chi connectivity index (χ3n) is 5.36. The maximum Gasteiger partial charge on any atom is 0.240 e. The van der Waals surface area contributed by atoms with Gasteiger partial charge < -0.3 is 9.42 Å². The van der Waals surface area contributed by atoms with Crippen LogP contribution in [0.1, 0.15) is 31.7 Å². The lowest BCUT2D eigenvalue weighted by Crippen LogP contribution is -2.58. The topological polar surface area (TPSA) is 75.4 Å². The molecule has 3 rings (SSSR count). The van der Waals surface area contributed by atoms with E-state index in [9.17, 15) is 8.42 Å². The van der Waals surface area contributed by atoms with Crippen LogP contribution < -0.4 is 4.72 Å². The van der Waals surface area contributed by atoms with Crippen LogP contribution in [0.2, 0.25) is 0 Å². The molecule has 142 valence electrons. The van der Waals surface area contributed by atoms with E-state index < -0.39 is 10.0 Å². The van der Waals surface area contributed by atoms with Crippen LogP contribution in [0.25, 0.3) is 0 Å². The Balaban J connectivity index is 1.62. The number of nitrogens with one attached hydrogen (secondary N) is 1. The second-order valence-corrected chi connectivity index (χ2v) is 9.68. The summed E-state index contributed by atoms with van der Waals surface area (Å²) in [5.74, 6) is 1.21. The van der Waals surface area contributed by atoms with E-state index in [1.807, 2.05) is 31.1 Å². The molecule has 2 aromatic rings. The van der Waals surface area contributed by atoms with Gasteiger partial charge in [0, 0.05) is 12.1 Å². The van der Waals surface area contributed by atoms with Crippen LogP contribution in [0.3, 0.4) is 0 Å². The molecule has 1 aromatic heterocycles. The van der Waals surface area contributed by atoms with Crippen molar-refractivity contribution < 1.29 is 12.9 Å². The molecule has 1 saturated carbocycles. The predicted molar refractivity (Wildman–Crippen MR) is 100 cm³/mol. The quantitative estimate of drug-likeness (QED) is 0.803. The van der Waals surface area contributed by atoms with Crippen LogP contribution in [-0.4, -0.2) is 38.6 Å². The standard InChI is InChI=1S/C19H27N3O3S/c1-19(2)14(10-15-12-16(25-20-15)13-22(3)4)11-18(19)21-26(23,24)17-8-6-5-7-9-17/h5-9,12,14,18,21H,10-11,13H2,1-4H3/t14-,18+/m1/s1. The maximum absolute atomic E-state index is 12.6. The number of hydrogen-bond acceptors (Lipinski definition) is 5. The zero-order chi connectivity index (χ0) is 18.9. The number of aromatic nitrogens is 1. The lowest BCUT2D eigenvalue weighted by Gasteiger charge is -2.52. The molecule has 0 bridgehead atoms. The summed E-state index contributed by atoms with van der Waals surface area (Å²) in [6.45, 7) is 4.95. The molecule has 1 N–H and O–H groups in total. The molecule has 0 radical (unpaired) electrons. The molecule has 26 heavy (non-hydrogen) atoms. The van der Waals surface area contributed by atoms with Crippen molar-refractivity contribution >= 4 is 10.0 Å². The highest BCUT2D eigenvalue weighted by molar-refractivity contribution is 7.89. The monoisotopic (exact) mass is 377 g/mol. The van der Waals surface area contributed by atoms with Gasteiger partial charge in [0.05, 0.1) is 17.1 Å². The van der Waals surface area contributed by atoms with E-state index in [1.165, 1.54) is 0 Å². The van der Waals surface area contributed by atoms with E-state index in [2.05, 4.69) is 23.7 Å². The maximum atomic E-state index is 12.6. The van der Waals surface area contributed by atoms with Gasteiger partial charge in [0.15, 0.2) is 5.76 Å². The Labute approximate surface area is 155 Å². The first kappa shape index (κ1) is 19.1. The highest BCUT2D eigenvalue weighted by atomic mass is 32.2. The Morgan fingerprint density at radius 3 is 2.58 bits per heavy atom. The SMILES string of the molecule is CN(C)Cc1cc(C[C@@H]2C[C@H](NS(=O)(=O)c3ccccc3)C2(C)C)no1. The molecule has 0 amide bonds. The molecule has 0 aliphatic heterocycles. The number of benzene rings is 1. The zero-order valence-corrected chi connectivity index (χ0v) is 16.6. The summed E-state index contributed by atoms with van der Waals surface area (Å²) in [6.07, 6.45) is 1.60. The molecular weight excluding hydrogens is 350 g/mol. The van der Waals surface area contributed by atoms with Crippen LogP contribution in [0, 0.1) is 11.3 Å². The Morgan fingerprint density at radius 2 is 1.96 bits per heavy atom. The van der Waals surface area contributed by atoms with Crippen molar-refractivity contribution in [1.29, 1.82) is 0 Å². The van der Waals surface area contributed by atoms with Crippen molar-refractivity contribution in [2.24, 2.45) is 11.3 Å². The number of rotatable bonds is 7. The van der Waals surface area contributed by atoms with Crippen LogP contribution >= 0.6 is 0 Å². The number of sulfonamides is 1. The summed E-state index contributed by atoms with van der Waals surface area (Å²) < 4.78 is 33.3. The van der Waals surface area contributed by atoms with E-state index in [0.29, 0.717) is 10.8 Å². The van der Waals surface area contributed by atoms with Crippen molar-refractivity contribution in [1.82, 2.24) is 14.8 Å². The van der Waals surface area contributed by atoms with Gasteiger partial charge >= 0.3 is 0 Å². The van der Waals surface area contributed by atoms with Gasteiger partial charge in [-0.3, -0.25) is 0 Å². The molecule has 1 aliphatic rings. The highest BCUT2D eigenvalue weighted by Crippen LogP contribution is 2.48. The van der Waals surface area contributed by atoms with Crippen LogP contribution in [-0.2, 0) is 23.0 Å². The van der Waals surface area contributed by atoms with Crippen LogP contribution in [0.4, 0.5) is 0 Å². The van der Waals surface area contributed by atoms with Crippen molar-refractivity contribution in [3.05, 3.63) is 47.9 Å². The van der Waals surface area contributed by atoms with Crippen molar-refractivity contribution in [3.8, 4) is 0 Å². The summed E-state index contributed by atoms with van der Waals surface area (Å²) >= 11 is 0. The fourth-order valence-electron chi connectivity index (χ4n) is 3.51. The summed E-state index contributed by atoms with van der Waals surface area (Å²) in [6, 6.07) is 10.4. The van der Waals surface area contributed by atoms with Gasteiger partial charge in [-0.2, -0.15) is 0 Å². The molecule has 0 unspecified atom stereocenters. The average Bonchev–Trinajstić information content (AvgIpc) is 3.01. The molecule has 1 fully saturated rings. The van der Waals surface area contributed by atoms with E-state index in [-0.39, 0.29) is 11.5 Å². The predicted octanol–water partition coefficient (Wildman–Crippen LogP) is 2.67. The third-order valence-corrected chi connectivity index (χ3v) is 6.84. The Morgan fingerprint density at radius 1 is 1.27 bits per heavy atom. The fourth-order valence-corrected chi connectivity index (χ4v) is 4.93. The van der Waals surface area contributed by atoms with E-state index in [1.54, 1.807) is 24.3 Å². The van der Waals surface area contributed by atoms with Gasteiger partial charge in [-0.15, -0.1) is 0 Å².